The normalized spacial score (nSPS) is 14.8. The van der Waals surface area contributed by atoms with Crippen molar-refractivity contribution in [1.29, 1.82) is 0 Å². The standard InChI is InChI=1S/C12H12BrN3/c13-12-10-6-7-14-8-11(10)16(15-12)9-4-2-1-3-5-9/h1-5,14H,6-8H2. The fraction of sp³-hybridized carbons (Fsp3) is 0.250. The van der Waals surface area contributed by atoms with E-state index in [4.69, 9.17) is 0 Å². The smallest absolute Gasteiger partial charge is 0.132 e. The van der Waals surface area contributed by atoms with Gasteiger partial charge in [0, 0.05) is 12.1 Å². The van der Waals surface area contributed by atoms with Crippen molar-refractivity contribution in [3.05, 3.63) is 46.2 Å². The van der Waals surface area contributed by atoms with Crippen molar-refractivity contribution < 1.29 is 0 Å². The third-order valence-corrected chi connectivity index (χ3v) is 3.52. The summed E-state index contributed by atoms with van der Waals surface area (Å²) in [5, 5.41) is 7.94. The number of benzene rings is 1. The van der Waals surface area contributed by atoms with Crippen molar-refractivity contribution in [2.75, 3.05) is 6.54 Å². The summed E-state index contributed by atoms with van der Waals surface area (Å²) in [6, 6.07) is 10.2. The van der Waals surface area contributed by atoms with Gasteiger partial charge in [-0.2, -0.15) is 5.10 Å². The highest BCUT2D eigenvalue weighted by atomic mass is 79.9. The van der Waals surface area contributed by atoms with Crippen LogP contribution >= 0.6 is 15.9 Å². The highest BCUT2D eigenvalue weighted by Gasteiger charge is 2.19. The van der Waals surface area contributed by atoms with Gasteiger partial charge in [0.25, 0.3) is 0 Å². The molecule has 0 aliphatic carbocycles. The monoisotopic (exact) mass is 277 g/mol. The second-order valence-corrected chi connectivity index (χ2v) is 4.64. The fourth-order valence-corrected chi connectivity index (χ4v) is 2.67. The summed E-state index contributed by atoms with van der Waals surface area (Å²) in [5.74, 6) is 0. The molecule has 0 radical (unpaired) electrons. The summed E-state index contributed by atoms with van der Waals surface area (Å²) >= 11 is 3.54. The van der Waals surface area contributed by atoms with Gasteiger partial charge in [-0.1, -0.05) is 18.2 Å². The number of fused-ring (bicyclic) bond motifs is 1. The van der Waals surface area contributed by atoms with Gasteiger partial charge in [0.2, 0.25) is 0 Å². The molecule has 1 aliphatic heterocycles. The summed E-state index contributed by atoms with van der Waals surface area (Å²) in [5.41, 5.74) is 3.72. The molecule has 1 aromatic heterocycles. The van der Waals surface area contributed by atoms with Crippen LogP contribution in [0.3, 0.4) is 0 Å². The molecule has 0 saturated carbocycles. The first kappa shape index (κ1) is 10.1. The Labute approximate surface area is 103 Å². The number of rotatable bonds is 1. The predicted octanol–water partition coefficient (Wildman–Crippen LogP) is 2.28. The number of nitrogens with zero attached hydrogens (tertiary/aromatic N) is 2. The van der Waals surface area contributed by atoms with E-state index in [1.807, 2.05) is 22.9 Å². The molecule has 2 aromatic rings. The second-order valence-electron chi connectivity index (χ2n) is 3.89. The van der Waals surface area contributed by atoms with Gasteiger partial charge < -0.3 is 5.32 Å². The third kappa shape index (κ3) is 1.58. The van der Waals surface area contributed by atoms with Crippen LogP contribution in [0.2, 0.25) is 0 Å². The molecule has 0 unspecified atom stereocenters. The number of hydrogen-bond donors (Lipinski definition) is 1. The van der Waals surface area contributed by atoms with Crippen LogP contribution in [0.5, 0.6) is 0 Å². The van der Waals surface area contributed by atoms with Crippen molar-refractivity contribution in [3.8, 4) is 5.69 Å². The van der Waals surface area contributed by atoms with E-state index >= 15 is 0 Å². The van der Waals surface area contributed by atoms with E-state index in [1.165, 1.54) is 11.3 Å². The van der Waals surface area contributed by atoms with Crippen LogP contribution in [0.4, 0.5) is 0 Å². The molecule has 1 aromatic carbocycles. The molecule has 0 spiro atoms. The zero-order valence-electron chi connectivity index (χ0n) is 8.78. The number of aromatic nitrogens is 2. The van der Waals surface area contributed by atoms with Gasteiger partial charge in [0.15, 0.2) is 0 Å². The molecule has 16 heavy (non-hydrogen) atoms. The summed E-state index contributed by atoms with van der Waals surface area (Å²) in [7, 11) is 0. The lowest BCUT2D eigenvalue weighted by atomic mass is 10.1. The summed E-state index contributed by atoms with van der Waals surface area (Å²) in [6.07, 6.45) is 1.04. The maximum Gasteiger partial charge on any atom is 0.132 e. The average molecular weight is 278 g/mol. The molecule has 3 rings (SSSR count). The minimum atomic E-state index is 0.892. The van der Waals surface area contributed by atoms with Gasteiger partial charge >= 0.3 is 0 Å². The van der Waals surface area contributed by atoms with Crippen molar-refractivity contribution >= 4 is 15.9 Å². The van der Waals surface area contributed by atoms with E-state index < -0.39 is 0 Å². The van der Waals surface area contributed by atoms with Crippen LogP contribution in [-0.2, 0) is 13.0 Å². The van der Waals surface area contributed by atoms with E-state index in [9.17, 15) is 0 Å². The van der Waals surface area contributed by atoms with Gasteiger partial charge in [-0.05, 0) is 41.0 Å². The van der Waals surface area contributed by atoms with Crippen LogP contribution in [0, 0.1) is 0 Å². The first-order valence-electron chi connectivity index (χ1n) is 5.38. The molecule has 1 N–H and O–H groups in total. The lowest BCUT2D eigenvalue weighted by molar-refractivity contribution is 0.614. The Morgan fingerprint density at radius 2 is 2.06 bits per heavy atom. The van der Waals surface area contributed by atoms with E-state index in [0.717, 1.165) is 29.8 Å². The first-order valence-corrected chi connectivity index (χ1v) is 6.18. The number of para-hydroxylation sites is 1. The highest BCUT2D eigenvalue weighted by molar-refractivity contribution is 9.10. The second kappa shape index (κ2) is 4.03. The number of nitrogens with one attached hydrogen (secondary N) is 1. The summed E-state index contributed by atoms with van der Waals surface area (Å²) in [4.78, 5) is 0. The summed E-state index contributed by atoms with van der Waals surface area (Å²) in [6.45, 7) is 1.93. The minimum absolute atomic E-state index is 0.892. The molecule has 0 bridgehead atoms. The average Bonchev–Trinajstić information content (AvgIpc) is 2.69. The quantitative estimate of drug-likeness (QED) is 0.867. The fourth-order valence-electron chi connectivity index (χ4n) is 2.09. The molecule has 0 fully saturated rings. The number of hydrogen-bond acceptors (Lipinski definition) is 2. The maximum atomic E-state index is 4.56. The lowest BCUT2D eigenvalue weighted by Gasteiger charge is -2.15. The number of halogens is 1. The van der Waals surface area contributed by atoms with Crippen LogP contribution in [-0.4, -0.2) is 16.3 Å². The molecule has 82 valence electrons. The molecular weight excluding hydrogens is 266 g/mol. The van der Waals surface area contributed by atoms with Crippen molar-refractivity contribution in [2.24, 2.45) is 0 Å². The van der Waals surface area contributed by atoms with E-state index in [-0.39, 0.29) is 0 Å². The Balaban J connectivity index is 2.15. The Kier molecular flexibility index (Phi) is 2.53. The Morgan fingerprint density at radius 1 is 1.25 bits per heavy atom. The van der Waals surface area contributed by atoms with Gasteiger partial charge in [0.05, 0.1) is 11.4 Å². The van der Waals surface area contributed by atoms with Gasteiger partial charge in [-0.3, -0.25) is 0 Å². The predicted molar refractivity (Wildman–Crippen MR) is 66.7 cm³/mol. The Morgan fingerprint density at radius 3 is 2.88 bits per heavy atom. The summed E-state index contributed by atoms with van der Waals surface area (Å²) < 4.78 is 3.00. The van der Waals surface area contributed by atoms with Crippen LogP contribution < -0.4 is 5.32 Å². The van der Waals surface area contributed by atoms with Gasteiger partial charge in [0.1, 0.15) is 4.60 Å². The zero-order valence-corrected chi connectivity index (χ0v) is 10.4. The molecule has 2 heterocycles. The minimum Gasteiger partial charge on any atom is -0.311 e. The Hall–Kier alpha value is -1.13. The van der Waals surface area contributed by atoms with E-state index in [0.29, 0.717) is 0 Å². The largest absolute Gasteiger partial charge is 0.311 e. The van der Waals surface area contributed by atoms with E-state index in [1.54, 1.807) is 0 Å². The van der Waals surface area contributed by atoms with Crippen molar-refractivity contribution in [2.45, 2.75) is 13.0 Å². The lowest BCUT2D eigenvalue weighted by Crippen LogP contribution is -2.25. The molecule has 0 saturated heterocycles. The Bertz CT molecular complexity index is 504. The molecule has 0 amide bonds. The first-order chi connectivity index (χ1) is 7.86. The highest BCUT2D eigenvalue weighted by Crippen LogP contribution is 2.25. The van der Waals surface area contributed by atoms with Gasteiger partial charge in [-0.25, -0.2) is 4.68 Å². The SMILES string of the molecule is Brc1nn(-c2ccccc2)c2c1CCNC2. The van der Waals surface area contributed by atoms with Crippen LogP contribution in [0.25, 0.3) is 5.69 Å². The van der Waals surface area contributed by atoms with Crippen molar-refractivity contribution in [3.63, 3.8) is 0 Å². The van der Waals surface area contributed by atoms with Crippen LogP contribution in [0.15, 0.2) is 34.9 Å². The van der Waals surface area contributed by atoms with Crippen LogP contribution in [0.1, 0.15) is 11.3 Å². The third-order valence-electron chi connectivity index (χ3n) is 2.89. The maximum absolute atomic E-state index is 4.56. The van der Waals surface area contributed by atoms with E-state index in [2.05, 4.69) is 38.5 Å². The molecule has 4 heteroatoms. The van der Waals surface area contributed by atoms with Crippen molar-refractivity contribution in [1.82, 2.24) is 15.1 Å². The topological polar surface area (TPSA) is 29.9 Å². The van der Waals surface area contributed by atoms with Gasteiger partial charge in [-0.15, -0.1) is 0 Å². The zero-order chi connectivity index (χ0) is 11.0. The molecule has 1 aliphatic rings. The molecule has 0 atom stereocenters. The molecule has 3 nitrogen and oxygen atoms in total. The molecular formula is C12H12BrN3.